The highest BCUT2D eigenvalue weighted by Gasteiger charge is 2.13. The van der Waals surface area contributed by atoms with Gasteiger partial charge in [0.15, 0.2) is 0 Å². The number of hydrogen-bond donors (Lipinski definition) is 2. The van der Waals surface area contributed by atoms with Gasteiger partial charge in [-0.25, -0.2) is 9.78 Å². The van der Waals surface area contributed by atoms with Gasteiger partial charge in [0.05, 0.1) is 0 Å². The lowest BCUT2D eigenvalue weighted by Crippen LogP contribution is -2.09. The predicted molar refractivity (Wildman–Crippen MR) is 54.6 cm³/mol. The van der Waals surface area contributed by atoms with Crippen LogP contribution >= 0.6 is 0 Å². The molecule has 0 fully saturated rings. The summed E-state index contributed by atoms with van der Waals surface area (Å²) in [5.74, 6) is -0.584. The number of pyridine rings is 1. The minimum absolute atomic E-state index is 0.217. The Kier molecular flexibility index (Phi) is 3.23. The first kappa shape index (κ1) is 10.2. The predicted octanol–water partition coefficient (Wildman–Crippen LogP) is 1.69. The SMILES string of the molecule is C=CCNc1nccc(C)c1C(=O)O. The van der Waals surface area contributed by atoms with E-state index in [1.807, 2.05) is 0 Å². The summed E-state index contributed by atoms with van der Waals surface area (Å²) < 4.78 is 0. The highest BCUT2D eigenvalue weighted by molar-refractivity contribution is 5.94. The van der Waals surface area contributed by atoms with E-state index >= 15 is 0 Å². The maximum atomic E-state index is 10.9. The van der Waals surface area contributed by atoms with Gasteiger partial charge in [0.1, 0.15) is 11.4 Å². The minimum Gasteiger partial charge on any atom is -0.478 e. The Morgan fingerprint density at radius 1 is 1.79 bits per heavy atom. The van der Waals surface area contributed by atoms with Crippen LogP contribution < -0.4 is 5.32 Å². The van der Waals surface area contributed by atoms with E-state index in [-0.39, 0.29) is 5.56 Å². The number of nitrogens with one attached hydrogen (secondary N) is 1. The van der Waals surface area contributed by atoms with Crippen molar-refractivity contribution in [2.24, 2.45) is 0 Å². The Balaban J connectivity index is 3.07. The van der Waals surface area contributed by atoms with E-state index < -0.39 is 5.97 Å². The Bertz CT molecular complexity index is 361. The molecular formula is C10H12N2O2. The van der Waals surface area contributed by atoms with E-state index in [9.17, 15) is 4.79 Å². The Labute approximate surface area is 82.3 Å². The van der Waals surface area contributed by atoms with Gasteiger partial charge in [0.2, 0.25) is 0 Å². The van der Waals surface area contributed by atoms with Crippen LogP contribution in [0.15, 0.2) is 24.9 Å². The smallest absolute Gasteiger partial charge is 0.339 e. The van der Waals surface area contributed by atoms with Gasteiger partial charge in [-0.3, -0.25) is 0 Å². The number of anilines is 1. The van der Waals surface area contributed by atoms with Crippen molar-refractivity contribution in [2.45, 2.75) is 6.92 Å². The van der Waals surface area contributed by atoms with Crippen LogP contribution in [-0.2, 0) is 0 Å². The van der Waals surface area contributed by atoms with Gasteiger partial charge in [0, 0.05) is 12.7 Å². The van der Waals surface area contributed by atoms with E-state index in [4.69, 9.17) is 5.11 Å². The number of aryl methyl sites for hydroxylation is 1. The quantitative estimate of drug-likeness (QED) is 0.712. The summed E-state index contributed by atoms with van der Waals surface area (Å²) in [7, 11) is 0. The lowest BCUT2D eigenvalue weighted by molar-refractivity contribution is 0.0697. The van der Waals surface area contributed by atoms with Crippen molar-refractivity contribution < 1.29 is 9.90 Å². The first-order chi connectivity index (χ1) is 6.66. The monoisotopic (exact) mass is 192 g/mol. The van der Waals surface area contributed by atoms with Gasteiger partial charge in [-0.2, -0.15) is 0 Å². The lowest BCUT2D eigenvalue weighted by atomic mass is 10.1. The van der Waals surface area contributed by atoms with Crippen LogP contribution in [0.5, 0.6) is 0 Å². The molecule has 0 amide bonds. The van der Waals surface area contributed by atoms with Crippen LogP contribution in [0, 0.1) is 6.92 Å². The molecule has 0 saturated heterocycles. The van der Waals surface area contributed by atoms with Gasteiger partial charge in [0.25, 0.3) is 0 Å². The molecule has 4 nitrogen and oxygen atoms in total. The second-order valence-corrected chi connectivity index (χ2v) is 2.83. The largest absolute Gasteiger partial charge is 0.478 e. The topological polar surface area (TPSA) is 62.2 Å². The molecule has 14 heavy (non-hydrogen) atoms. The molecule has 0 aliphatic heterocycles. The van der Waals surface area contributed by atoms with Crippen molar-refractivity contribution in [1.82, 2.24) is 4.98 Å². The molecule has 1 aromatic rings. The van der Waals surface area contributed by atoms with Crippen LogP contribution in [0.4, 0.5) is 5.82 Å². The molecule has 0 spiro atoms. The Hall–Kier alpha value is -1.84. The lowest BCUT2D eigenvalue weighted by Gasteiger charge is -2.08. The summed E-state index contributed by atoms with van der Waals surface area (Å²) in [6, 6.07) is 1.67. The number of carboxylic acid groups (broad SMARTS) is 1. The van der Waals surface area contributed by atoms with Crippen LogP contribution in [-0.4, -0.2) is 22.6 Å². The summed E-state index contributed by atoms with van der Waals surface area (Å²) in [6.07, 6.45) is 3.23. The van der Waals surface area contributed by atoms with Crippen molar-refractivity contribution in [3.05, 3.63) is 36.0 Å². The number of aromatic carboxylic acids is 1. The molecule has 0 aliphatic carbocycles. The van der Waals surface area contributed by atoms with Crippen molar-refractivity contribution in [1.29, 1.82) is 0 Å². The molecule has 4 heteroatoms. The molecule has 0 atom stereocenters. The summed E-state index contributed by atoms with van der Waals surface area (Å²) in [5.41, 5.74) is 0.911. The van der Waals surface area contributed by atoms with Crippen molar-refractivity contribution in [3.63, 3.8) is 0 Å². The van der Waals surface area contributed by atoms with Gasteiger partial charge in [-0.05, 0) is 18.6 Å². The first-order valence-corrected chi connectivity index (χ1v) is 4.20. The molecule has 0 aromatic carbocycles. The zero-order valence-corrected chi connectivity index (χ0v) is 7.95. The highest BCUT2D eigenvalue weighted by Crippen LogP contribution is 2.15. The summed E-state index contributed by atoms with van der Waals surface area (Å²) in [6.45, 7) is 5.77. The van der Waals surface area contributed by atoms with E-state index in [1.165, 1.54) is 0 Å². The zero-order valence-electron chi connectivity index (χ0n) is 7.95. The van der Waals surface area contributed by atoms with Crippen molar-refractivity contribution >= 4 is 11.8 Å². The molecule has 0 bridgehead atoms. The number of rotatable bonds is 4. The van der Waals surface area contributed by atoms with Crippen LogP contribution in [0.1, 0.15) is 15.9 Å². The maximum absolute atomic E-state index is 10.9. The van der Waals surface area contributed by atoms with E-state index in [0.717, 1.165) is 0 Å². The van der Waals surface area contributed by atoms with Gasteiger partial charge in [-0.15, -0.1) is 6.58 Å². The normalized spacial score (nSPS) is 9.50. The third-order valence-electron chi connectivity index (χ3n) is 1.79. The number of hydrogen-bond acceptors (Lipinski definition) is 3. The standard InChI is InChI=1S/C10H12N2O2/c1-3-5-11-9-8(10(13)14)7(2)4-6-12-9/h3-4,6H,1,5H2,2H3,(H,11,12)(H,13,14). The molecule has 1 rings (SSSR count). The van der Waals surface area contributed by atoms with E-state index in [1.54, 1.807) is 25.3 Å². The fourth-order valence-corrected chi connectivity index (χ4v) is 1.13. The summed E-state index contributed by atoms with van der Waals surface area (Å²) in [5, 5.41) is 11.8. The van der Waals surface area contributed by atoms with E-state index in [0.29, 0.717) is 17.9 Å². The molecule has 1 aromatic heterocycles. The van der Waals surface area contributed by atoms with Gasteiger partial charge in [-0.1, -0.05) is 6.08 Å². The number of nitrogens with zero attached hydrogens (tertiary/aromatic N) is 1. The Morgan fingerprint density at radius 2 is 2.50 bits per heavy atom. The summed E-state index contributed by atoms with van der Waals surface area (Å²) >= 11 is 0. The first-order valence-electron chi connectivity index (χ1n) is 4.20. The molecule has 1 heterocycles. The van der Waals surface area contributed by atoms with Crippen LogP contribution in [0.25, 0.3) is 0 Å². The molecule has 0 aliphatic rings. The molecule has 2 N–H and O–H groups in total. The molecule has 0 unspecified atom stereocenters. The van der Waals surface area contributed by atoms with Gasteiger partial charge < -0.3 is 10.4 Å². The second-order valence-electron chi connectivity index (χ2n) is 2.83. The summed E-state index contributed by atoms with van der Waals surface area (Å²) in [4.78, 5) is 14.9. The Morgan fingerprint density at radius 3 is 3.07 bits per heavy atom. The molecular weight excluding hydrogens is 180 g/mol. The molecule has 74 valence electrons. The average Bonchev–Trinajstić information content (AvgIpc) is 2.14. The fourth-order valence-electron chi connectivity index (χ4n) is 1.13. The average molecular weight is 192 g/mol. The minimum atomic E-state index is -0.970. The molecule has 0 radical (unpaired) electrons. The van der Waals surface area contributed by atoms with E-state index in [2.05, 4.69) is 16.9 Å². The second kappa shape index (κ2) is 4.41. The van der Waals surface area contributed by atoms with Gasteiger partial charge >= 0.3 is 5.97 Å². The van der Waals surface area contributed by atoms with Crippen LogP contribution in [0.3, 0.4) is 0 Å². The van der Waals surface area contributed by atoms with Crippen LogP contribution in [0.2, 0.25) is 0 Å². The number of aromatic nitrogens is 1. The fraction of sp³-hybridized carbons (Fsp3) is 0.200. The number of carbonyl (C=O) groups is 1. The third kappa shape index (κ3) is 2.10. The highest BCUT2D eigenvalue weighted by atomic mass is 16.4. The maximum Gasteiger partial charge on any atom is 0.339 e. The third-order valence-corrected chi connectivity index (χ3v) is 1.79. The zero-order chi connectivity index (χ0) is 10.6. The van der Waals surface area contributed by atoms with Crippen molar-refractivity contribution in [3.8, 4) is 0 Å². The molecule has 0 saturated carbocycles. The number of carboxylic acids is 1. The van der Waals surface area contributed by atoms with Crippen molar-refractivity contribution in [2.75, 3.05) is 11.9 Å².